The molecule has 0 spiro atoms. The van der Waals surface area contributed by atoms with Crippen molar-refractivity contribution in [3.05, 3.63) is 71.5 Å². The van der Waals surface area contributed by atoms with Gasteiger partial charge in [-0.2, -0.15) is 0 Å². The molecule has 2 aromatic rings. The van der Waals surface area contributed by atoms with Crippen molar-refractivity contribution in [3.63, 3.8) is 0 Å². The lowest BCUT2D eigenvalue weighted by Gasteiger charge is -2.21. The molecule has 0 aliphatic heterocycles. The molecule has 6 heteroatoms. The summed E-state index contributed by atoms with van der Waals surface area (Å²) in [6.45, 7) is 2.28. The number of Topliss-reactive ketones (excluding diaryl/α,β-unsaturated/α-hetero) is 1. The Morgan fingerprint density at radius 1 is 1.14 bits per heavy atom. The normalized spacial score (nSPS) is 14.4. The van der Waals surface area contributed by atoms with E-state index in [4.69, 9.17) is 9.84 Å². The van der Waals surface area contributed by atoms with Crippen LogP contribution in [0.3, 0.4) is 0 Å². The van der Waals surface area contributed by atoms with E-state index < -0.39 is 12.2 Å². The van der Waals surface area contributed by atoms with Crippen molar-refractivity contribution in [2.75, 3.05) is 19.8 Å². The van der Waals surface area contributed by atoms with Crippen LogP contribution in [0.15, 0.2) is 54.6 Å². The molecule has 5 nitrogen and oxygen atoms in total. The van der Waals surface area contributed by atoms with Gasteiger partial charge < -0.3 is 20.3 Å². The number of hydrogen-bond donors (Lipinski definition) is 3. The van der Waals surface area contributed by atoms with Crippen LogP contribution < -0.4 is 5.32 Å². The summed E-state index contributed by atoms with van der Waals surface area (Å²) < 4.78 is 18.9. The maximum absolute atomic E-state index is 13.2. The van der Waals surface area contributed by atoms with E-state index in [2.05, 4.69) is 5.32 Å². The third-order valence-electron chi connectivity index (χ3n) is 4.44. The number of nitrogens with one attached hydrogen (secondary N) is 1. The van der Waals surface area contributed by atoms with Gasteiger partial charge in [-0.05, 0) is 31.0 Å². The van der Waals surface area contributed by atoms with Gasteiger partial charge in [0.15, 0.2) is 5.78 Å². The lowest BCUT2D eigenvalue weighted by molar-refractivity contribution is -0.00247. The molecule has 0 bridgehead atoms. The van der Waals surface area contributed by atoms with Gasteiger partial charge in [-0.15, -0.1) is 0 Å². The van der Waals surface area contributed by atoms with Gasteiger partial charge in [0.25, 0.3) is 0 Å². The molecule has 0 saturated heterocycles. The van der Waals surface area contributed by atoms with E-state index in [1.165, 1.54) is 12.1 Å². The van der Waals surface area contributed by atoms with Gasteiger partial charge in [-0.3, -0.25) is 4.79 Å². The fourth-order valence-electron chi connectivity index (χ4n) is 2.77. The number of benzene rings is 2. The fraction of sp³-hybridized carbons (Fsp3) is 0.409. The predicted octanol–water partition coefficient (Wildman–Crippen LogP) is 2.36. The van der Waals surface area contributed by atoms with E-state index in [-0.39, 0.29) is 37.3 Å². The van der Waals surface area contributed by atoms with Gasteiger partial charge in [0.05, 0.1) is 12.7 Å². The van der Waals surface area contributed by atoms with Crippen LogP contribution in [-0.4, -0.2) is 54.0 Å². The molecule has 0 heterocycles. The van der Waals surface area contributed by atoms with Gasteiger partial charge >= 0.3 is 0 Å². The number of rotatable bonds is 12. The molecule has 2 rings (SSSR count). The third kappa shape index (κ3) is 7.48. The van der Waals surface area contributed by atoms with Crippen molar-refractivity contribution in [1.82, 2.24) is 5.32 Å². The largest absolute Gasteiger partial charge is 0.396 e. The zero-order valence-electron chi connectivity index (χ0n) is 16.1. The first-order valence-corrected chi connectivity index (χ1v) is 9.47. The summed E-state index contributed by atoms with van der Waals surface area (Å²) >= 11 is 0. The molecule has 2 aromatic carbocycles. The molecule has 0 saturated carbocycles. The number of ether oxygens (including phenoxy) is 1. The highest BCUT2D eigenvalue weighted by molar-refractivity contribution is 5.99. The molecule has 3 atom stereocenters. The zero-order chi connectivity index (χ0) is 20.4. The van der Waals surface area contributed by atoms with Crippen LogP contribution in [0.1, 0.15) is 29.3 Å². The highest BCUT2D eigenvalue weighted by Gasteiger charge is 2.22. The fourth-order valence-corrected chi connectivity index (χ4v) is 2.77. The first kappa shape index (κ1) is 22.2. The topological polar surface area (TPSA) is 78.8 Å². The quantitative estimate of drug-likeness (QED) is 0.486. The number of aliphatic hydroxyl groups is 2. The molecule has 0 radical (unpaired) electrons. The number of aliphatic hydroxyl groups excluding tert-OH is 2. The Morgan fingerprint density at radius 3 is 2.46 bits per heavy atom. The first-order chi connectivity index (χ1) is 13.5. The van der Waals surface area contributed by atoms with Crippen molar-refractivity contribution in [1.29, 1.82) is 0 Å². The van der Waals surface area contributed by atoms with Crippen molar-refractivity contribution < 1.29 is 24.1 Å². The SMILES string of the molecule is CC(CCO)NCC(O)COC(Cc1ccc(F)cc1)C(=O)c1ccccc1. The molecular formula is C22H28FNO4. The van der Waals surface area contributed by atoms with Crippen LogP contribution in [-0.2, 0) is 11.2 Å². The molecular weight excluding hydrogens is 361 g/mol. The second-order valence-electron chi connectivity index (χ2n) is 6.86. The van der Waals surface area contributed by atoms with Crippen LogP contribution in [0.25, 0.3) is 0 Å². The summed E-state index contributed by atoms with van der Waals surface area (Å²) in [7, 11) is 0. The van der Waals surface area contributed by atoms with Crippen LogP contribution >= 0.6 is 0 Å². The molecule has 3 unspecified atom stereocenters. The number of carbonyl (C=O) groups excluding carboxylic acids is 1. The van der Waals surface area contributed by atoms with Crippen LogP contribution in [0, 0.1) is 5.82 Å². The second-order valence-corrected chi connectivity index (χ2v) is 6.86. The number of hydrogen-bond acceptors (Lipinski definition) is 5. The summed E-state index contributed by atoms with van der Waals surface area (Å²) in [4.78, 5) is 12.9. The molecule has 0 aliphatic rings. The van der Waals surface area contributed by atoms with Gasteiger partial charge in [0, 0.05) is 31.2 Å². The lowest BCUT2D eigenvalue weighted by atomic mass is 10.00. The van der Waals surface area contributed by atoms with E-state index >= 15 is 0 Å². The minimum absolute atomic E-state index is 0.0106. The molecule has 28 heavy (non-hydrogen) atoms. The standard InChI is InChI=1S/C22H28FNO4/c1-16(11-12-25)24-14-20(26)15-28-21(13-17-7-9-19(23)10-8-17)22(27)18-5-3-2-4-6-18/h2-10,16,20-21,24-26H,11-15H2,1H3. The van der Waals surface area contributed by atoms with Gasteiger partial charge in [0.1, 0.15) is 11.9 Å². The highest BCUT2D eigenvalue weighted by atomic mass is 19.1. The Kier molecular flexibility index (Phi) is 9.23. The number of ketones is 1. The Balaban J connectivity index is 1.99. The number of carbonyl (C=O) groups is 1. The average molecular weight is 389 g/mol. The third-order valence-corrected chi connectivity index (χ3v) is 4.44. The second kappa shape index (κ2) is 11.7. The monoisotopic (exact) mass is 389 g/mol. The van der Waals surface area contributed by atoms with Gasteiger partial charge in [0.2, 0.25) is 0 Å². The van der Waals surface area contributed by atoms with Crippen LogP contribution in [0.2, 0.25) is 0 Å². The Bertz CT molecular complexity index is 708. The Hall–Kier alpha value is -2.12. The van der Waals surface area contributed by atoms with Gasteiger partial charge in [-0.25, -0.2) is 4.39 Å². The summed E-state index contributed by atoms with van der Waals surface area (Å²) in [6, 6.07) is 14.8. The lowest BCUT2D eigenvalue weighted by Crippen LogP contribution is -2.38. The molecule has 0 fully saturated rings. The predicted molar refractivity (Wildman–Crippen MR) is 106 cm³/mol. The summed E-state index contributed by atoms with van der Waals surface area (Å²) in [5, 5.41) is 22.2. The smallest absolute Gasteiger partial charge is 0.191 e. The molecule has 0 aliphatic carbocycles. The summed E-state index contributed by atoms with van der Waals surface area (Å²) in [5.74, 6) is -0.521. The highest BCUT2D eigenvalue weighted by Crippen LogP contribution is 2.14. The number of halogens is 1. The van der Waals surface area contributed by atoms with Crippen LogP contribution in [0.5, 0.6) is 0 Å². The zero-order valence-corrected chi connectivity index (χ0v) is 16.1. The first-order valence-electron chi connectivity index (χ1n) is 9.47. The van der Waals surface area contributed by atoms with E-state index in [0.717, 1.165) is 5.56 Å². The average Bonchev–Trinajstić information content (AvgIpc) is 2.71. The minimum atomic E-state index is -0.791. The van der Waals surface area contributed by atoms with E-state index in [1.807, 2.05) is 13.0 Å². The van der Waals surface area contributed by atoms with Crippen molar-refractivity contribution in [2.24, 2.45) is 0 Å². The molecule has 0 aromatic heterocycles. The maximum atomic E-state index is 13.2. The van der Waals surface area contributed by atoms with Gasteiger partial charge in [-0.1, -0.05) is 42.5 Å². The molecule has 152 valence electrons. The van der Waals surface area contributed by atoms with E-state index in [9.17, 15) is 14.3 Å². The Labute approximate surface area is 165 Å². The summed E-state index contributed by atoms with van der Waals surface area (Å²) in [5.41, 5.74) is 1.30. The van der Waals surface area contributed by atoms with E-state index in [0.29, 0.717) is 18.5 Å². The maximum Gasteiger partial charge on any atom is 0.191 e. The summed E-state index contributed by atoms with van der Waals surface area (Å²) in [6.07, 6.45) is -0.694. The van der Waals surface area contributed by atoms with Crippen LogP contribution in [0.4, 0.5) is 4.39 Å². The molecule has 0 amide bonds. The Morgan fingerprint density at radius 2 is 1.82 bits per heavy atom. The van der Waals surface area contributed by atoms with Crippen molar-refractivity contribution >= 4 is 5.78 Å². The minimum Gasteiger partial charge on any atom is -0.396 e. The molecule has 3 N–H and O–H groups in total. The van der Waals surface area contributed by atoms with E-state index in [1.54, 1.807) is 36.4 Å². The van der Waals surface area contributed by atoms with Crippen molar-refractivity contribution in [3.8, 4) is 0 Å². The van der Waals surface area contributed by atoms with Crippen molar-refractivity contribution in [2.45, 2.75) is 38.0 Å².